The van der Waals surface area contributed by atoms with Crippen LogP contribution in [0.4, 0.5) is 0 Å². The van der Waals surface area contributed by atoms with E-state index in [2.05, 4.69) is 0 Å². The van der Waals surface area contributed by atoms with Crippen LogP contribution in [0.3, 0.4) is 0 Å². The van der Waals surface area contributed by atoms with Gasteiger partial charge in [-0.05, 0) is 18.1 Å². The number of ether oxygens (including phenoxy) is 1. The molecule has 6 heteroatoms. The van der Waals surface area contributed by atoms with Crippen molar-refractivity contribution in [1.82, 2.24) is 0 Å². The molecule has 6 nitrogen and oxygen atoms in total. The van der Waals surface area contributed by atoms with Crippen molar-refractivity contribution in [1.29, 1.82) is 0 Å². The van der Waals surface area contributed by atoms with Crippen molar-refractivity contribution in [3.8, 4) is 0 Å². The maximum atomic E-state index is 12.7. The molecule has 0 saturated heterocycles. The van der Waals surface area contributed by atoms with E-state index in [0.717, 1.165) is 0 Å². The van der Waals surface area contributed by atoms with Crippen molar-refractivity contribution in [3.63, 3.8) is 0 Å². The van der Waals surface area contributed by atoms with Crippen molar-refractivity contribution in [3.05, 3.63) is 81.9 Å². The zero-order valence-corrected chi connectivity index (χ0v) is 14.8. The van der Waals surface area contributed by atoms with Crippen molar-refractivity contribution in [2.45, 2.75) is 38.3 Å². The van der Waals surface area contributed by atoms with E-state index in [4.69, 9.17) is 4.74 Å². The number of hydrogen-bond acceptors (Lipinski definition) is 5. The second-order valence-electron chi connectivity index (χ2n) is 6.34. The van der Waals surface area contributed by atoms with Gasteiger partial charge in [0.15, 0.2) is 6.10 Å². The molecular formula is C20H21NO5. The monoisotopic (exact) mass is 355 g/mol. The molecule has 0 aliphatic heterocycles. The Hall–Kier alpha value is -3.02. The SMILES string of the molecule is CC(=O)CCC(C)(C(=O)OC(c1ccccc1)c1ccccc1)[N+](=O)[O-]. The predicted octanol–water partition coefficient (Wildman–Crippen LogP) is 3.72. The molecule has 2 aromatic rings. The third-order valence-corrected chi connectivity index (χ3v) is 4.24. The molecule has 26 heavy (non-hydrogen) atoms. The molecule has 0 N–H and O–H groups in total. The van der Waals surface area contributed by atoms with Crippen molar-refractivity contribution >= 4 is 11.8 Å². The van der Waals surface area contributed by atoms with Crippen molar-refractivity contribution in [2.75, 3.05) is 0 Å². The molecule has 0 radical (unpaired) electrons. The highest BCUT2D eigenvalue weighted by Crippen LogP contribution is 2.29. The Morgan fingerprint density at radius 1 is 1.04 bits per heavy atom. The summed E-state index contributed by atoms with van der Waals surface area (Å²) in [5, 5.41) is 11.5. The van der Waals surface area contributed by atoms with E-state index >= 15 is 0 Å². The van der Waals surface area contributed by atoms with Crippen LogP contribution in [-0.4, -0.2) is 22.2 Å². The van der Waals surface area contributed by atoms with Crippen LogP contribution in [0.5, 0.6) is 0 Å². The Balaban J connectivity index is 2.33. The molecule has 0 spiro atoms. The molecule has 0 saturated carbocycles. The first-order valence-corrected chi connectivity index (χ1v) is 8.29. The van der Waals surface area contributed by atoms with Crippen LogP contribution in [-0.2, 0) is 14.3 Å². The largest absolute Gasteiger partial charge is 0.447 e. The number of carbonyl (C=O) groups is 2. The number of ketones is 1. The molecule has 1 unspecified atom stereocenters. The van der Waals surface area contributed by atoms with Gasteiger partial charge in [-0.25, -0.2) is 4.79 Å². The first-order chi connectivity index (χ1) is 12.3. The van der Waals surface area contributed by atoms with E-state index in [-0.39, 0.29) is 18.6 Å². The fourth-order valence-corrected chi connectivity index (χ4v) is 2.51. The highest BCUT2D eigenvalue weighted by atomic mass is 16.6. The maximum Gasteiger partial charge on any atom is 0.385 e. The van der Waals surface area contributed by atoms with Gasteiger partial charge in [0.25, 0.3) is 0 Å². The van der Waals surface area contributed by atoms with Gasteiger partial charge in [-0.3, -0.25) is 10.1 Å². The van der Waals surface area contributed by atoms with Gasteiger partial charge in [-0.2, -0.15) is 0 Å². The Labute approximate surface area is 151 Å². The number of benzene rings is 2. The van der Waals surface area contributed by atoms with Gasteiger partial charge in [0, 0.05) is 24.7 Å². The quantitative estimate of drug-likeness (QED) is 0.409. The molecule has 2 rings (SSSR count). The summed E-state index contributed by atoms with van der Waals surface area (Å²) in [5.74, 6) is -1.17. The van der Waals surface area contributed by atoms with E-state index in [9.17, 15) is 19.7 Å². The Morgan fingerprint density at radius 3 is 1.88 bits per heavy atom. The molecule has 0 aliphatic rings. The average Bonchev–Trinajstić information content (AvgIpc) is 2.65. The molecule has 0 aliphatic carbocycles. The molecule has 2 aromatic carbocycles. The zero-order chi connectivity index (χ0) is 19.2. The normalized spacial score (nSPS) is 13.0. The molecule has 136 valence electrons. The lowest BCUT2D eigenvalue weighted by Gasteiger charge is -2.24. The highest BCUT2D eigenvalue weighted by molar-refractivity contribution is 5.81. The predicted molar refractivity (Wildman–Crippen MR) is 96.1 cm³/mol. The van der Waals surface area contributed by atoms with Crippen LogP contribution < -0.4 is 0 Å². The Bertz CT molecular complexity index is 736. The molecular weight excluding hydrogens is 334 g/mol. The van der Waals surface area contributed by atoms with Crippen LogP contribution in [0.15, 0.2) is 60.7 Å². The average molecular weight is 355 g/mol. The number of hydrogen-bond donors (Lipinski definition) is 0. The van der Waals surface area contributed by atoms with Crippen LogP contribution in [0.1, 0.15) is 43.9 Å². The standard InChI is InChI=1S/C20H21NO5/c1-15(22)13-14-20(2,21(24)25)19(23)26-18(16-9-5-3-6-10-16)17-11-7-4-8-12-17/h3-12,18H,13-14H2,1-2H3. The third kappa shape index (κ3) is 4.53. The lowest BCUT2D eigenvalue weighted by atomic mass is 9.95. The summed E-state index contributed by atoms with van der Waals surface area (Å²) in [6.45, 7) is 2.54. The molecule has 1 atom stereocenters. The second kappa shape index (κ2) is 8.38. The lowest BCUT2D eigenvalue weighted by Crippen LogP contribution is -2.45. The van der Waals surface area contributed by atoms with Gasteiger partial charge < -0.3 is 9.53 Å². The lowest BCUT2D eigenvalue weighted by molar-refractivity contribution is -0.552. The summed E-state index contributed by atoms with van der Waals surface area (Å²) in [6.07, 6.45) is -1.03. The van der Waals surface area contributed by atoms with Gasteiger partial charge in [0.2, 0.25) is 0 Å². The minimum atomic E-state index is -1.98. The zero-order valence-electron chi connectivity index (χ0n) is 14.8. The second-order valence-corrected chi connectivity index (χ2v) is 6.34. The highest BCUT2D eigenvalue weighted by Gasteiger charge is 2.48. The maximum absolute atomic E-state index is 12.7. The smallest absolute Gasteiger partial charge is 0.385 e. The summed E-state index contributed by atoms with van der Waals surface area (Å²) in [7, 11) is 0. The van der Waals surface area contributed by atoms with Gasteiger partial charge in [-0.15, -0.1) is 0 Å². The van der Waals surface area contributed by atoms with Crippen LogP contribution in [0, 0.1) is 10.1 Å². The summed E-state index contributed by atoms with van der Waals surface area (Å²) in [4.78, 5) is 34.8. The number of nitro groups is 1. The number of rotatable bonds is 8. The Morgan fingerprint density at radius 2 is 1.50 bits per heavy atom. The van der Waals surface area contributed by atoms with Crippen molar-refractivity contribution in [2.24, 2.45) is 0 Å². The van der Waals surface area contributed by atoms with Gasteiger partial charge in [0.1, 0.15) is 5.78 Å². The van der Waals surface area contributed by atoms with Crippen LogP contribution in [0.2, 0.25) is 0 Å². The van der Waals surface area contributed by atoms with E-state index in [0.29, 0.717) is 11.1 Å². The van der Waals surface area contributed by atoms with Gasteiger partial charge in [0.05, 0.1) is 0 Å². The van der Waals surface area contributed by atoms with E-state index in [1.54, 1.807) is 24.3 Å². The molecule has 0 heterocycles. The number of esters is 1. The fraction of sp³-hybridized carbons (Fsp3) is 0.300. The first-order valence-electron chi connectivity index (χ1n) is 8.29. The number of Topliss-reactive ketones (excluding diaryl/α,β-unsaturated/α-hetero) is 1. The summed E-state index contributed by atoms with van der Waals surface area (Å²) < 4.78 is 5.59. The summed E-state index contributed by atoms with van der Waals surface area (Å²) in [5.41, 5.74) is -0.554. The topological polar surface area (TPSA) is 86.5 Å². The summed E-state index contributed by atoms with van der Waals surface area (Å²) >= 11 is 0. The minimum absolute atomic E-state index is 0.0616. The van der Waals surface area contributed by atoms with E-state index < -0.39 is 22.5 Å². The van der Waals surface area contributed by atoms with Gasteiger partial charge >= 0.3 is 11.5 Å². The Kier molecular flexibility index (Phi) is 6.22. The first kappa shape index (κ1) is 19.3. The molecule has 0 aromatic heterocycles. The van der Waals surface area contributed by atoms with Gasteiger partial charge in [-0.1, -0.05) is 60.7 Å². The van der Waals surface area contributed by atoms with E-state index in [1.165, 1.54) is 13.8 Å². The molecule has 0 amide bonds. The molecule has 0 bridgehead atoms. The number of carbonyl (C=O) groups excluding carboxylic acids is 2. The van der Waals surface area contributed by atoms with Crippen LogP contribution in [0.25, 0.3) is 0 Å². The number of nitrogens with zero attached hydrogens (tertiary/aromatic N) is 1. The minimum Gasteiger partial charge on any atom is -0.447 e. The summed E-state index contributed by atoms with van der Waals surface area (Å²) in [6, 6.07) is 18.1. The molecule has 0 fully saturated rings. The van der Waals surface area contributed by atoms with Crippen LogP contribution >= 0.6 is 0 Å². The van der Waals surface area contributed by atoms with Crippen molar-refractivity contribution < 1.29 is 19.2 Å². The third-order valence-electron chi connectivity index (χ3n) is 4.24. The van der Waals surface area contributed by atoms with E-state index in [1.807, 2.05) is 36.4 Å². The fourth-order valence-electron chi connectivity index (χ4n) is 2.51.